The van der Waals surface area contributed by atoms with Gasteiger partial charge in [0.15, 0.2) is 0 Å². The zero-order valence-electron chi connectivity index (χ0n) is 5.86. The van der Waals surface area contributed by atoms with Gasteiger partial charge >= 0.3 is 0 Å². The van der Waals surface area contributed by atoms with Crippen molar-refractivity contribution in [1.29, 1.82) is 0 Å². The minimum atomic E-state index is -0.435. The summed E-state index contributed by atoms with van der Waals surface area (Å²) in [5, 5.41) is 11.5. The Kier molecular flexibility index (Phi) is 2.83. The van der Waals surface area contributed by atoms with Gasteiger partial charge in [-0.15, -0.1) is 0 Å². The number of piperidine rings is 1. The van der Waals surface area contributed by atoms with Crippen molar-refractivity contribution in [3.05, 3.63) is 11.4 Å². The Labute approximate surface area is 59.7 Å². The molecule has 58 valence electrons. The normalized spacial score (nSPS) is 19.2. The van der Waals surface area contributed by atoms with Crippen LogP contribution in [0.1, 0.15) is 12.8 Å². The predicted octanol–water partition coefficient (Wildman–Crippen LogP) is 0.586. The first kappa shape index (κ1) is 7.69. The molecule has 2 nitrogen and oxygen atoms in total. The molecule has 3 heteroatoms. The fourth-order valence-electron chi connectivity index (χ4n) is 1.11. The summed E-state index contributed by atoms with van der Waals surface area (Å²) in [5.41, 5.74) is 0.779. The van der Waals surface area contributed by atoms with E-state index in [1.807, 2.05) is 0 Å². The van der Waals surface area contributed by atoms with Crippen LogP contribution in [0.3, 0.4) is 0 Å². The molecule has 1 aliphatic heterocycles. The van der Waals surface area contributed by atoms with Crippen LogP contribution in [0.15, 0.2) is 11.4 Å². The largest absolute Gasteiger partial charge is 0.389 e. The molecule has 1 heterocycles. The minimum absolute atomic E-state index is 0.332. The molecule has 0 aliphatic carbocycles. The molecule has 0 atom stereocenters. The average Bonchev–Trinajstić information content (AvgIpc) is 2.05. The first-order valence-electron chi connectivity index (χ1n) is 3.52. The maximum Gasteiger partial charge on any atom is 0.125 e. The molecule has 0 amide bonds. The Balaban J connectivity index is 2.51. The van der Waals surface area contributed by atoms with Crippen LogP contribution in [0.4, 0.5) is 4.39 Å². The van der Waals surface area contributed by atoms with Gasteiger partial charge in [-0.25, -0.2) is 4.39 Å². The maximum absolute atomic E-state index is 12.6. The van der Waals surface area contributed by atoms with Gasteiger partial charge in [0.25, 0.3) is 0 Å². The van der Waals surface area contributed by atoms with Crippen molar-refractivity contribution in [2.24, 2.45) is 0 Å². The molecule has 0 spiro atoms. The third-order valence-electron chi connectivity index (χ3n) is 1.73. The Morgan fingerprint density at radius 3 is 2.60 bits per heavy atom. The van der Waals surface area contributed by atoms with Gasteiger partial charge in [-0.2, -0.15) is 0 Å². The predicted molar refractivity (Wildman–Crippen MR) is 37.3 cm³/mol. The summed E-state index contributed by atoms with van der Waals surface area (Å²) in [4.78, 5) is 0. The van der Waals surface area contributed by atoms with E-state index in [4.69, 9.17) is 5.11 Å². The molecular weight excluding hydrogens is 133 g/mol. The second-order valence-electron chi connectivity index (χ2n) is 2.42. The van der Waals surface area contributed by atoms with E-state index < -0.39 is 6.61 Å². The SMILES string of the molecule is OCC(F)=C1CCNCC1. The first-order valence-corrected chi connectivity index (χ1v) is 3.52. The number of nitrogens with one attached hydrogen (secondary N) is 1. The molecule has 0 aromatic rings. The molecule has 0 aromatic carbocycles. The minimum Gasteiger partial charge on any atom is -0.389 e. The fourth-order valence-corrected chi connectivity index (χ4v) is 1.11. The number of hydrogen-bond donors (Lipinski definition) is 2. The summed E-state index contributed by atoms with van der Waals surface area (Å²) in [6, 6.07) is 0. The highest BCUT2D eigenvalue weighted by atomic mass is 19.1. The molecule has 0 unspecified atom stereocenters. The van der Waals surface area contributed by atoms with Crippen LogP contribution < -0.4 is 5.32 Å². The summed E-state index contributed by atoms with van der Waals surface area (Å²) >= 11 is 0. The van der Waals surface area contributed by atoms with Crippen LogP contribution >= 0.6 is 0 Å². The number of rotatable bonds is 1. The molecule has 0 saturated carbocycles. The zero-order valence-corrected chi connectivity index (χ0v) is 5.86. The van der Waals surface area contributed by atoms with E-state index in [1.165, 1.54) is 0 Å². The monoisotopic (exact) mass is 145 g/mol. The van der Waals surface area contributed by atoms with Gasteiger partial charge in [0.05, 0.1) is 6.61 Å². The molecule has 1 saturated heterocycles. The lowest BCUT2D eigenvalue weighted by Crippen LogP contribution is -2.23. The Bertz CT molecular complexity index is 137. The highest BCUT2D eigenvalue weighted by Crippen LogP contribution is 2.15. The molecule has 1 fully saturated rings. The molecule has 2 N–H and O–H groups in total. The van der Waals surface area contributed by atoms with Crippen LogP contribution in [0, 0.1) is 0 Å². The van der Waals surface area contributed by atoms with E-state index in [2.05, 4.69) is 5.32 Å². The Hall–Kier alpha value is -0.410. The highest BCUT2D eigenvalue weighted by molar-refractivity contribution is 5.10. The first-order chi connectivity index (χ1) is 4.84. The van der Waals surface area contributed by atoms with Crippen molar-refractivity contribution >= 4 is 0 Å². The summed E-state index contributed by atoms with van der Waals surface area (Å²) in [5.74, 6) is -0.332. The van der Waals surface area contributed by atoms with E-state index in [9.17, 15) is 4.39 Å². The van der Waals surface area contributed by atoms with Crippen molar-refractivity contribution in [3.8, 4) is 0 Å². The lowest BCUT2D eigenvalue weighted by molar-refractivity contribution is 0.293. The fraction of sp³-hybridized carbons (Fsp3) is 0.714. The van der Waals surface area contributed by atoms with E-state index in [0.717, 1.165) is 31.5 Å². The summed E-state index contributed by atoms with van der Waals surface area (Å²) < 4.78 is 12.6. The van der Waals surface area contributed by atoms with Gasteiger partial charge in [-0.05, 0) is 31.5 Å². The molecule has 1 rings (SSSR count). The summed E-state index contributed by atoms with van der Waals surface area (Å²) in [6.07, 6.45) is 1.48. The van der Waals surface area contributed by atoms with E-state index >= 15 is 0 Å². The molecule has 10 heavy (non-hydrogen) atoms. The quantitative estimate of drug-likeness (QED) is 0.566. The van der Waals surface area contributed by atoms with Crippen molar-refractivity contribution < 1.29 is 9.50 Å². The maximum atomic E-state index is 12.6. The molecule has 0 aromatic heterocycles. The lowest BCUT2D eigenvalue weighted by atomic mass is 10.1. The van der Waals surface area contributed by atoms with Crippen molar-refractivity contribution in [2.45, 2.75) is 12.8 Å². The lowest BCUT2D eigenvalue weighted by Gasteiger charge is -2.15. The number of aliphatic hydroxyl groups is 1. The van der Waals surface area contributed by atoms with Crippen molar-refractivity contribution in [1.82, 2.24) is 5.32 Å². The highest BCUT2D eigenvalue weighted by Gasteiger charge is 2.08. The molecule has 0 bridgehead atoms. The number of aliphatic hydroxyl groups excluding tert-OH is 1. The van der Waals surface area contributed by atoms with E-state index in [1.54, 1.807) is 0 Å². The van der Waals surface area contributed by atoms with Gasteiger partial charge in [-0.3, -0.25) is 0 Å². The zero-order chi connectivity index (χ0) is 7.40. The smallest absolute Gasteiger partial charge is 0.125 e. The van der Waals surface area contributed by atoms with Crippen LogP contribution in [0.2, 0.25) is 0 Å². The second-order valence-corrected chi connectivity index (χ2v) is 2.42. The Morgan fingerprint density at radius 2 is 2.10 bits per heavy atom. The molecule has 1 aliphatic rings. The topological polar surface area (TPSA) is 32.3 Å². The van der Waals surface area contributed by atoms with Gasteiger partial charge in [0, 0.05) is 0 Å². The summed E-state index contributed by atoms with van der Waals surface area (Å²) in [6.45, 7) is 1.24. The van der Waals surface area contributed by atoms with Crippen LogP contribution in [0.5, 0.6) is 0 Å². The van der Waals surface area contributed by atoms with Crippen LogP contribution in [-0.4, -0.2) is 24.8 Å². The van der Waals surface area contributed by atoms with Gasteiger partial charge in [0.2, 0.25) is 0 Å². The second kappa shape index (κ2) is 3.68. The van der Waals surface area contributed by atoms with E-state index in [0.29, 0.717) is 0 Å². The van der Waals surface area contributed by atoms with Crippen LogP contribution in [-0.2, 0) is 0 Å². The van der Waals surface area contributed by atoms with Gasteiger partial charge in [0.1, 0.15) is 5.83 Å². The van der Waals surface area contributed by atoms with E-state index in [-0.39, 0.29) is 5.83 Å². The Morgan fingerprint density at radius 1 is 1.50 bits per heavy atom. The molecular formula is C7H12FNO. The standard InChI is InChI=1S/C7H12FNO/c8-7(5-10)6-1-3-9-4-2-6/h9-10H,1-5H2. The number of hydrogen-bond acceptors (Lipinski definition) is 2. The van der Waals surface area contributed by atoms with Gasteiger partial charge in [-0.1, -0.05) is 0 Å². The van der Waals surface area contributed by atoms with Crippen LogP contribution in [0.25, 0.3) is 0 Å². The molecule has 0 radical (unpaired) electrons. The van der Waals surface area contributed by atoms with Gasteiger partial charge < -0.3 is 10.4 Å². The van der Waals surface area contributed by atoms with Crippen molar-refractivity contribution in [3.63, 3.8) is 0 Å². The average molecular weight is 145 g/mol. The number of halogens is 1. The summed E-state index contributed by atoms with van der Waals surface area (Å²) in [7, 11) is 0. The third kappa shape index (κ3) is 1.78. The van der Waals surface area contributed by atoms with Crippen molar-refractivity contribution in [2.75, 3.05) is 19.7 Å². The third-order valence-corrected chi connectivity index (χ3v) is 1.73.